The van der Waals surface area contributed by atoms with Crippen molar-refractivity contribution in [1.29, 1.82) is 0 Å². The lowest BCUT2D eigenvalue weighted by molar-refractivity contribution is -0.148. The van der Waals surface area contributed by atoms with Crippen molar-refractivity contribution in [2.24, 2.45) is 5.41 Å². The number of nitrogens with one attached hydrogen (secondary N) is 1. The van der Waals surface area contributed by atoms with Gasteiger partial charge >= 0.3 is 5.97 Å². The van der Waals surface area contributed by atoms with Crippen LogP contribution in [0.1, 0.15) is 45.6 Å². The van der Waals surface area contributed by atoms with Crippen molar-refractivity contribution in [1.82, 2.24) is 0 Å². The Morgan fingerprint density at radius 3 is 2.55 bits per heavy atom. The molecule has 0 bridgehead atoms. The highest BCUT2D eigenvalue weighted by Gasteiger charge is 2.49. The molecule has 1 aliphatic rings. The van der Waals surface area contributed by atoms with Crippen molar-refractivity contribution in [2.45, 2.75) is 52.5 Å². The molecule has 3 heteroatoms. The molecule has 0 aliphatic heterocycles. The van der Waals surface area contributed by atoms with Crippen molar-refractivity contribution in [3.8, 4) is 0 Å². The molecule has 1 atom stereocenters. The molecule has 1 fully saturated rings. The molecule has 1 saturated carbocycles. The summed E-state index contributed by atoms with van der Waals surface area (Å²) in [6.07, 6.45) is 2.67. The molecule has 1 aromatic carbocycles. The van der Waals surface area contributed by atoms with Crippen molar-refractivity contribution >= 4 is 11.7 Å². The SMILES string of the molecule is CCOC(=O)C1(Nc2ccccc2C)CCC(C)(C)C1. The van der Waals surface area contributed by atoms with Crippen LogP contribution < -0.4 is 5.32 Å². The van der Waals surface area contributed by atoms with Gasteiger partial charge in [0.05, 0.1) is 6.61 Å². The van der Waals surface area contributed by atoms with Gasteiger partial charge in [0.2, 0.25) is 0 Å². The first-order valence-corrected chi connectivity index (χ1v) is 7.40. The number of carbonyl (C=O) groups is 1. The van der Waals surface area contributed by atoms with E-state index >= 15 is 0 Å². The Balaban J connectivity index is 2.29. The lowest BCUT2D eigenvalue weighted by atomic mass is 9.87. The minimum absolute atomic E-state index is 0.117. The summed E-state index contributed by atoms with van der Waals surface area (Å²) in [7, 11) is 0. The van der Waals surface area contributed by atoms with Crippen LogP contribution >= 0.6 is 0 Å². The number of para-hydroxylation sites is 1. The molecule has 0 aromatic heterocycles. The third-order valence-electron chi connectivity index (χ3n) is 4.19. The summed E-state index contributed by atoms with van der Waals surface area (Å²) in [5.41, 5.74) is 1.77. The molecule has 1 unspecified atom stereocenters. The van der Waals surface area contributed by atoms with E-state index in [1.54, 1.807) is 0 Å². The number of ether oxygens (including phenoxy) is 1. The van der Waals surface area contributed by atoms with Crippen molar-refractivity contribution in [2.75, 3.05) is 11.9 Å². The number of carbonyl (C=O) groups excluding carboxylic acids is 1. The van der Waals surface area contributed by atoms with Gasteiger partial charge in [-0.15, -0.1) is 0 Å². The lowest BCUT2D eigenvalue weighted by Gasteiger charge is -2.31. The van der Waals surface area contributed by atoms with E-state index < -0.39 is 5.54 Å². The van der Waals surface area contributed by atoms with Crippen molar-refractivity contribution in [3.63, 3.8) is 0 Å². The molecule has 2 rings (SSSR count). The number of esters is 1. The second kappa shape index (κ2) is 5.47. The van der Waals surface area contributed by atoms with Gasteiger partial charge in [0.15, 0.2) is 0 Å². The number of benzene rings is 1. The summed E-state index contributed by atoms with van der Waals surface area (Å²) < 4.78 is 5.33. The number of hydrogen-bond acceptors (Lipinski definition) is 3. The standard InChI is InChI=1S/C17H25NO2/c1-5-20-15(19)17(11-10-16(3,4)12-17)18-14-9-7-6-8-13(14)2/h6-9,18H,5,10-12H2,1-4H3. The Morgan fingerprint density at radius 2 is 2.00 bits per heavy atom. The van der Waals surface area contributed by atoms with E-state index in [2.05, 4.69) is 32.2 Å². The molecular weight excluding hydrogens is 250 g/mol. The summed E-state index contributed by atoms with van der Waals surface area (Å²) in [5, 5.41) is 3.49. The fourth-order valence-electron chi connectivity index (χ4n) is 3.12. The van der Waals surface area contributed by atoms with Crippen LogP contribution in [0.3, 0.4) is 0 Å². The maximum absolute atomic E-state index is 12.5. The summed E-state index contributed by atoms with van der Waals surface area (Å²) in [6.45, 7) is 8.78. The number of rotatable bonds is 4. The highest BCUT2D eigenvalue weighted by Crippen LogP contribution is 2.46. The molecular formula is C17H25NO2. The van der Waals surface area contributed by atoms with Crippen LogP contribution in [0.25, 0.3) is 0 Å². The molecule has 0 heterocycles. The van der Waals surface area contributed by atoms with Crippen LogP contribution in [0, 0.1) is 12.3 Å². The molecule has 0 amide bonds. The van der Waals surface area contributed by atoms with E-state index in [9.17, 15) is 4.79 Å². The van der Waals surface area contributed by atoms with Gasteiger partial charge in [-0.05, 0) is 50.2 Å². The minimum atomic E-state index is -0.578. The Labute approximate surface area is 121 Å². The Bertz CT molecular complexity index is 496. The predicted octanol–water partition coefficient (Wildman–Crippen LogP) is 3.92. The topological polar surface area (TPSA) is 38.3 Å². The highest BCUT2D eigenvalue weighted by atomic mass is 16.5. The van der Waals surface area contributed by atoms with Crippen molar-refractivity contribution < 1.29 is 9.53 Å². The van der Waals surface area contributed by atoms with Gasteiger partial charge in [0.1, 0.15) is 5.54 Å². The third-order valence-corrected chi connectivity index (χ3v) is 4.19. The largest absolute Gasteiger partial charge is 0.464 e. The number of hydrogen-bond donors (Lipinski definition) is 1. The van der Waals surface area contributed by atoms with Crippen LogP contribution in [-0.2, 0) is 9.53 Å². The summed E-state index contributed by atoms with van der Waals surface area (Å²) in [5.74, 6) is -0.117. The highest BCUT2D eigenvalue weighted by molar-refractivity contribution is 5.85. The lowest BCUT2D eigenvalue weighted by Crippen LogP contribution is -2.46. The first-order chi connectivity index (χ1) is 9.38. The van der Waals surface area contributed by atoms with Gasteiger partial charge in [-0.25, -0.2) is 4.79 Å². The second-order valence-corrected chi connectivity index (χ2v) is 6.58. The summed E-state index contributed by atoms with van der Waals surface area (Å²) in [4.78, 5) is 12.5. The van der Waals surface area contributed by atoms with Crippen molar-refractivity contribution in [3.05, 3.63) is 29.8 Å². The van der Waals surface area contributed by atoms with Crippen LogP contribution in [-0.4, -0.2) is 18.1 Å². The molecule has 20 heavy (non-hydrogen) atoms. The van der Waals surface area contributed by atoms with E-state index in [0.29, 0.717) is 6.61 Å². The van der Waals surface area contributed by atoms with Gasteiger partial charge in [-0.2, -0.15) is 0 Å². The van der Waals surface area contributed by atoms with Gasteiger partial charge in [0, 0.05) is 5.69 Å². The monoisotopic (exact) mass is 275 g/mol. The van der Waals surface area contributed by atoms with E-state index in [1.165, 1.54) is 0 Å². The molecule has 1 aromatic rings. The average molecular weight is 275 g/mol. The molecule has 3 nitrogen and oxygen atoms in total. The molecule has 1 N–H and O–H groups in total. The van der Waals surface area contributed by atoms with Gasteiger partial charge in [-0.3, -0.25) is 0 Å². The number of anilines is 1. The number of aryl methyl sites for hydroxylation is 1. The Kier molecular flexibility index (Phi) is 4.07. The molecule has 1 aliphatic carbocycles. The average Bonchev–Trinajstić information content (AvgIpc) is 2.70. The van der Waals surface area contributed by atoms with E-state index in [-0.39, 0.29) is 11.4 Å². The van der Waals surface area contributed by atoms with E-state index in [0.717, 1.165) is 30.5 Å². The zero-order valence-electron chi connectivity index (χ0n) is 13.0. The first-order valence-electron chi connectivity index (χ1n) is 7.40. The molecule has 0 radical (unpaired) electrons. The zero-order chi connectivity index (χ0) is 14.8. The maximum atomic E-state index is 12.5. The molecule has 110 valence electrons. The Morgan fingerprint density at radius 1 is 1.30 bits per heavy atom. The second-order valence-electron chi connectivity index (χ2n) is 6.58. The fourth-order valence-corrected chi connectivity index (χ4v) is 3.12. The first kappa shape index (κ1) is 14.9. The van der Waals surface area contributed by atoms with E-state index in [1.807, 2.05) is 25.1 Å². The van der Waals surface area contributed by atoms with E-state index in [4.69, 9.17) is 4.74 Å². The quantitative estimate of drug-likeness (QED) is 0.846. The summed E-state index contributed by atoms with van der Waals surface area (Å²) >= 11 is 0. The third kappa shape index (κ3) is 2.97. The van der Waals surface area contributed by atoms with Gasteiger partial charge in [-0.1, -0.05) is 32.0 Å². The smallest absolute Gasteiger partial charge is 0.331 e. The molecule has 0 spiro atoms. The minimum Gasteiger partial charge on any atom is -0.464 e. The fraction of sp³-hybridized carbons (Fsp3) is 0.588. The molecule has 0 saturated heterocycles. The van der Waals surface area contributed by atoms with Crippen LogP contribution in [0.2, 0.25) is 0 Å². The Hall–Kier alpha value is -1.51. The van der Waals surface area contributed by atoms with Crippen LogP contribution in [0.5, 0.6) is 0 Å². The zero-order valence-corrected chi connectivity index (χ0v) is 13.0. The maximum Gasteiger partial charge on any atom is 0.331 e. The normalized spacial score (nSPS) is 24.4. The summed E-state index contributed by atoms with van der Waals surface area (Å²) in [6, 6.07) is 8.09. The van der Waals surface area contributed by atoms with Gasteiger partial charge < -0.3 is 10.1 Å². The van der Waals surface area contributed by atoms with Gasteiger partial charge in [0.25, 0.3) is 0 Å². The van der Waals surface area contributed by atoms with Crippen LogP contribution in [0.4, 0.5) is 5.69 Å². The predicted molar refractivity (Wildman–Crippen MR) is 81.8 cm³/mol. The van der Waals surface area contributed by atoms with Crippen LogP contribution in [0.15, 0.2) is 24.3 Å².